The molecule has 1 aromatic carbocycles. The number of nitriles is 1. The van der Waals surface area contributed by atoms with Gasteiger partial charge in [-0.3, -0.25) is 0 Å². The molecule has 0 aliphatic rings. The molecule has 2 rings (SSSR count). The molecular formula is C12H13N5O2. The first kappa shape index (κ1) is 12.8. The highest BCUT2D eigenvalue weighted by Crippen LogP contribution is 2.30. The lowest BCUT2D eigenvalue weighted by atomic mass is 10.2. The van der Waals surface area contributed by atoms with Crippen molar-refractivity contribution in [3.05, 3.63) is 18.2 Å². The van der Waals surface area contributed by atoms with Crippen molar-refractivity contribution in [3.63, 3.8) is 0 Å². The average molecular weight is 259 g/mol. The second-order valence-electron chi connectivity index (χ2n) is 3.69. The summed E-state index contributed by atoms with van der Waals surface area (Å²) in [5.41, 5.74) is 0.779. The molecule has 0 N–H and O–H groups in total. The number of hydrogen-bond acceptors (Lipinski definition) is 6. The molecule has 7 nitrogen and oxygen atoms in total. The van der Waals surface area contributed by atoms with Gasteiger partial charge in [-0.15, -0.1) is 10.2 Å². The maximum Gasteiger partial charge on any atom is 0.205 e. The molecule has 0 aliphatic carbocycles. The smallest absolute Gasteiger partial charge is 0.205 e. The minimum absolute atomic E-state index is 0.349. The second-order valence-corrected chi connectivity index (χ2v) is 3.69. The van der Waals surface area contributed by atoms with Crippen molar-refractivity contribution < 1.29 is 9.47 Å². The summed E-state index contributed by atoms with van der Waals surface area (Å²) in [4.78, 5) is 1.40. The van der Waals surface area contributed by atoms with E-state index in [9.17, 15) is 0 Å². The predicted molar refractivity (Wildman–Crippen MR) is 66.6 cm³/mol. The Labute approximate surface area is 110 Å². The van der Waals surface area contributed by atoms with Crippen molar-refractivity contribution >= 4 is 0 Å². The van der Waals surface area contributed by atoms with Crippen LogP contribution in [0.3, 0.4) is 0 Å². The molecule has 0 aliphatic heterocycles. The number of nitrogens with zero attached hydrogens (tertiary/aromatic N) is 5. The van der Waals surface area contributed by atoms with Gasteiger partial charge in [0.25, 0.3) is 0 Å². The van der Waals surface area contributed by atoms with E-state index in [0.29, 0.717) is 30.3 Å². The molecule has 0 unspecified atom stereocenters. The van der Waals surface area contributed by atoms with Crippen molar-refractivity contribution in [1.29, 1.82) is 5.26 Å². The Kier molecular flexibility index (Phi) is 3.93. The SMILES string of the molecule is COc1ccc(-c2nnn(CCC#N)n2)cc1OC. The lowest BCUT2D eigenvalue weighted by Crippen LogP contribution is -2.01. The van der Waals surface area contributed by atoms with Gasteiger partial charge in [0, 0.05) is 5.56 Å². The van der Waals surface area contributed by atoms with Gasteiger partial charge in [-0.2, -0.15) is 10.1 Å². The summed E-state index contributed by atoms with van der Waals surface area (Å²) >= 11 is 0. The van der Waals surface area contributed by atoms with E-state index < -0.39 is 0 Å². The Morgan fingerprint density at radius 3 is 2.74 bits per heavy atom. The van der Waals surface area contributed by atoms with Crippen LogP contribution in [0.25, 0.3) is 11.4 Å². The number of benzene rings is 1. The molecule has 1 heterocycles. The standard InChI is InChI=1S/C12H13N5O2/c1-18-10-5-4-9(8-11(10)19-2)12-14-16-17(15-12)7-3-6-13/h4-5,8H,3,7H2,1-2H3. The van der Waals surface area contributed by atoms with E-state index in [1.54, 1.807) is 26.4 Å². The van der Waals surface area contributed by atoms with Crippen LogP contribution in [-0.4, -0.2) is 34.4 Å². The minimum Gasteiger partial charge on any atom is -0.493 e. The minimum atomic E-state index is 0.349. The molecule has 7 heteroatoms. The summed E-state index contributed by atoms with van der Waals surface area (Å²) < 4.78 is 10.4. The number of ether oxygens (including phenoxy) is 2. The van der Waals surface area contributed by atoms with Crippen LogP contribution < -0.4 is 9.47 Å². The first-order valence-corrected chi connectivity index (χ1v) is 5.65. The van der Waals surface area contributed by atoms with E-state index in [1.165, 1.54) is 4.80 Å². The molecule has 0 saturated heterocycles. The van der Waals surface area contributed by atoms with Gasteiger partial charge in [-0.25, -0.2) is 0 Å². The molecule has 0 atom stereocenters. The summed E-state index contributed by atoms with van der Waals surface area (Å²) in [6, 6.07) is 7.42. The first-order valence-electron chi connectivity index (χ1n) is 5.65. The zero-order valence-electron chi connectivity index (χ0n) is 10.7. The fourth-order valence-corrected chi connectivity index (χ4v) is 1.58. The lowest BCUT2D eigenvalue weighted by molar-refractivity contribution is 0.355. The van der Waals surface area contributed by atoms with Crippen LogP contribution in [0.1, 0.15) is 6.42 Å². The summed E-state index contributed by atoms with van der Waals surface area (Å²) in [6.07, 6.45) is 0.349. The van der Waals surface area contributed by atoms with E-state index in [4.69, 9.17) is 14.7 Å². The monoisotopic (exact) mass is 259 g/mol. The molecule has 19 heavy (non-hydrogen) atoms. The van der Waals surface area contributed by atoms with Crippen molar-refractivity contribution in [2.75, 3.05) is 14.2 Å². The molecule has 0 radical (unpaired) electrons. The summed E-state index contributed by atoms with van der Waals surface area (Å²) in [5, 5.41) is 20.5. The van der Waals surface area contributed by atoms with Crippen LogP contribution >= 0.6 is 0 Å². The quantitative estimate of drug-likeness (QED) is 0.803. The lowest BCUT2D eigenvalue weighted by Gasteiger charge is -2.07. The molecule has 1 aromatic heterocycles. The van der Waals surface area contributed by atoms with Gasteiger partial charge in [-0.05, 0) is 23.4 Å². The molecule has 0 saturated carbocycles. The number of aromatic nitrogens is 4. The largest absolute Gasteiger partial charge is 0.493 e. The van der Waals surface area contributed by atoms with Gasteiger partial charge in [0.2, 0.25) is 5.82 Å². The number of methoxy groups -OCH3 is 2. The van der Waals surface area contributed by atoms with Crippen molar-refractivity contribution in [2.45, 2.75) is 13.0 Å². The molecule has 0 bridgehead atoms. The highest BCUT2D eigenvalue weighted by atomic mass is 16.5. The Morgan fingerprint density at radius 2 is 2.05 bits per heavy atom. The third-order valence-corrected chi connectivity index (χ3v) is 2.52. The van der Waals surface area contributed by atoms with E-state index in [1.807, 2.05) is 12.1 Å². The number of aryl methyl sites for hydroxylation is 1. The van der Waals surface area contributed by atoms with Crippen LogP contribution in [0.2, 0.25) is 0 Å². The Balaban J connectivity index is 2.26. The number of tetrazole rings is 1. The molecule has 0 fully saturated rings. The van der Waals surface area contributed by atoms with Crippen LogP contribution in [0.5, 0.6) is 11.5 Å². The van der Waals surface area contributed by atoms with Gasteiger partial charge in [0.05, 0.1) is 33.3 Å². The van der Waals surface area contributed by atoms with Gasteiger partial charge < -0.3 is 9.47 Å². The molecule has 0 amide bonds. The van der Waals surface area contributed by atoms with Crippen LogP contribution in [0, 0.1) is 11.3 Å². The third-order valence-electron chi connectivity index (χ3n) is 2.52. The first-order chi connectivity index (χ1) is 9.28. The Bertz CT molecular complexity index is 602. The third kappa shape index (κ3) is 2.80. The zero-order valence-corrected chi connectivity index (χ0v) is 10.7. The van der Waals surface area contributed by atoms with Gasteiger partial charge in [-0.1, -0.05) is 0 Å². The Morgan fingerprint density at radius 1 is 1.26 bits per heavy atom. The molecule has 0 spiro atoms. The maximum atomic E-state index is 8.51. The van der Waals surface area contributed by atoms with Gasteiger partial charge >= 0.3 is 0 Å². The molecule has 2 aromatic rings. The van der Waals surface area contributed by atoms with Gasteiger partial charge in [0.15, 0.2) is 11.5 Å². The second kappa shape index (κ2) is 5.82. The van der Waals surface area contributed by atoms with Crippen LogP contribution in [0.4, 0.5) is 0 Å². The molecular weight excluding hydrogens is 246 g/mol. The maximum absolute atomic E-state index is 8.51. The number of rotatable bonds is 5. The fourth-order valence-electron chi connectivity index (χ4n) is 1.58. The van der Waals surface area contributed by atoms with Crippen LogP contribution in [0.15, 0.2) is 18.2 Å². The highest BCUT2D eigenvalue weighted by Gasteiger charge is 2.10. The average Bonchev–Trinajstić information content (AvgIpc) is 2.93. The highest BCUT2D eigenvalue weighted by molar-refractivity contribution is 5.60. The van der Waals surface area contributed by atoms with Crippen molar-refractivity contribution in [2.24, 2.45) is 0 Å². The van der Waals surface area contributed by atoms with Gasteiger partial charge in [0.1, 0.15) is 0 Å². The summed E-state index contributed by atoms with van der Waals surface area (Å²) in [7, 11) is 3.15. The van der Waals surface area contributed by atoms with Crippen molar-refractivity contribution in [1.82, 2.24) is 20.2 Å². The van der Waals surface area contributed by atoms with E-state index in [-0.39, 0.29) is 0 Å². The Hall–Kier alpha value is -2.62. The molecule has 98 valence electrons. The summed E-state index contributed by atoms with van der Waals surface area (Å²) in [5.74, 6) is 1.73. The normalized spacial score (nSPS) is 9.95. The van der Waals surface area contributed by atoms with Crippen LogP contribution in [-0.2, 0) is 6.54 Å². The van der Waals surface area contributed by atoms with E-state index in [2.05, 4.69) is 15.4 Å². The zero-order chi connectivity index (χ0) is 13.7. The van der Waals surface area contributed by atoms with E-state index >= 15 is 0 Å². The predicted octanol–water partition coefficient (Wildman–Crippen LogP) is 1.27. The van der Waals surface area contributed by atoms with Crippen molar-refractivity contribution in [3.8, 4) is 29.0 Å². The fraction of sp³-hybridized carbons (Fsp3) is 0.333. The number of hydrogen-bond donors (Lipinski definition) is 0. The van der Waals surface area contributed by atoms with E-state index in [0.717, 1.165) is 5.56 Å². The topological polar surface area (TPSA) is 85.9 Å². The summed E-state index contributed by atoms with van der Waals surface area (Å²) in [6.45, 7) is 0.427.